The van der Waals surface area contributed by atoms with Crippen LogP contribution in [0.3, 0.4) is 0 Å². The molecular formula is C10H11F4NO. The minimum atomic E-state index is -4.56. The van der Waals surface area contributed by atoms with Gasteiger partial charge in [-0.25, -0.2) is 4.39 Å². The van der Waals surface area contributed by atoms with Gasteiger partial charge in [0.2, 0.25) is 0 Å². The van der Waals surface area contributed by atoms with Crippen molar-refractivity contribution in [1.29, 1.82) is 0 Å². The van der Waals surface area contributed by atoms with E-state index in [1.165, 1.54) is 6.92 Å². The number of rotatable bonds is 2. The third-order valence-electron chi connectivity index (χ3n) is 2.24. The normalized spacial score (nSPS) is 15.9. The number of hydrogen-bond acceptors (Lipinski definition) is 2. The Kier molecular flexibility index (Phi) is 3.25. The fourth-order valence-electron chi connectivity index (χ4n) is 1.22. The molecule has 0 aliphatic carbocycles. The monoisotopic (exact) mass is 237 g/mol. The lowest BCUT2D eigenvalue weighted by Crippen LogP contribution is -2.38. The Morgan fingerprint density at radius 1 is 1.31 bits per heavy atom. The second-order valence-electron chi connectivity index (χ2n) is 3.77. The Bertz CT molecular complexity index is 387. The maximum atomic E-state index is 13.3. The summed E-state index contributed by atoms with van der Waals surface area (Å²) in [6.07, 6.45) is -4.56. The predicted molar refractivity (Wildman–Crippen MR) is 50.0 cm³/mol. The first-order valence-electron chi connectivity index (χ1n) is 4.45. The Hall–Kier alpha value is -1.14. The number of hydrogen-bond donors (Lipinski definition) is 2. The number of aliphatic hydroxyl groups excluding tert-OH is 1. The fraction of sp³-hybridized carbons (Fsp3) is 0.400. The van der Waals surface area contributed by atoms with Gasteiger partial charge in [-0.1, -0.05) is 0 Å². The molecule has 1 unspecified atom stereocenters. The van der Waals surface area contributed by atoms with E-state index in [0.717, 1.165) is 0 Å². The predicted octanol–water partition coefficient (Wildman–Crippen LogP) is 2.01. The van der Waals surface area contributed by atoms with Gasteiger partial charge >= 0.3 is 6.18 Å². The van der Waals surface area contributed by atoms with E-state index in [1.54, 1.807) is 0 Å². The van der Waals surface area contributed by atoms with Crippen molar-refractivity contribution in [2.45, 2.75) is 18.6 Å². The van der Waals surface area contributed by atoms with Crippen LogP contribution in [-0.4, -0.2) is 11.7 Å². The SMILES string of the molecule is CC(N)(CO)c1cc(C(F)(F)F)ccc1F. The topological polar surface area (TPSA) is 46.2 Å². The number of aliphatic hydroxyl groups is 1. The largest absolute Gasteiger partial charge is 0.416 e. The van der Waals surface area contributed by atoms with Crippen LogP contribution in [0.25, 0.3) is 0 Å². The van der Waals surface area contributed by atoms with Gasteiger partial charge in [0.05, 0.1) is 17.7 Å². The highest BCUT2D eigenvalue weighted by Crippen LogP contribution is 2.32. The molecule has 90 valence electrons. The lowest BCUT2D eigenvalue weighted by atomic mass is 9.92. The average molecular weight is 237 g/mol. The zero-order chi connectivity index (χ0) is 12.6. The second kappa shape index (κ2) is 4.03. The standard InChI is InChI=1S/C10H11F4NO/c1-9(15,5-16)7-4-6(10(12,13)14)2-3-8(7)11/h2-4,16H,5,15H2,1H3. The maximum Gasteiger partial charge on any atom is 0.416 e. The maximum absolute atomic E-state index is 13.3. The number of nitrogens with two attached hydrogens (primary N) is 1. The van der Waals surface area contributed by atoms with E-state index >= 15 is 0 Å². The average Bonchev–Trinajstić information content (AvgIpc) is 2.16. The van der Waals surface area contributed by atoms with Crippen LogP contribution in [-0.2, 0) is 11.7 Å². The fourth-order valence-corrected chi connectivity index (χ4v) is 1.22. The minimum Gasteiger partial charge on any atom is -0.394 e. The highest BCUT2D eigenvalue weighted by molar-refractivity contribution is 5.32. The Morgan fingerprint density at radius 2 is 1.88 bits per heavy atom. The number of halogens is 4. The molecule has 0 aromatic heterocycles. The van der Waals surface area contributed by atoms with E-state index in [9.17, 15) is 17.6 Å². The van der Waals surface area contributed by atoms with E-state index in [1.807, 2.05) is 0 Å². The Labute approximate surface area is 89.7 Å². The molecule has 1 aromatic carbocycles. The third-order valence-corrected chi connectivity index (χ3v) is 2.24. The van der Waals surface area contributed by atoms with E-state index in [-0.39, 0.29) is 5.56 Å². The molecule has 0 bridgehead atoms. The first kappa shape index (κ1) is 12.9. The van der Waals surface area contributed by atoms with Gasteiger partial charge in [0.25, 0.3) is 0 Å². The van der Waals surface area contributed by atoms with Crippen molar-refractivity contribution in [3.8, 4) is 0 Å². The lowest BCUT2D eigenvalue weighted by molar-refractivity contribution is -0.137. The molecule has 3 N–H and O–H groups in total. The summed E-state index contributed by atoms with van der Waals surface area (Å²) >= 11 is 0. The van der Waals surface area contributed by atoms with Gasteiger partial charge < -0.3 is 10.8 Å². The van der Waals surface area contributed by atoms with Crippen molar-refractivity contribution in [3.63, 3.8) is 0 Å². The van der Waals surface area contributed by atoms with Crippen molar-refractivity contribution in [2.24, 2.45) is 5.73 Å². The van der Waals surface area contributed by atoms with Crippen LogP contribution in [0, 0.1) is 5.82 Å². The van der Waals surface area contributed by atoms with E-state index in [2.05, 4.69) is 0 Å². The zero-order valence-corrected chi connectivity index (χ0v) is 8.48. The van der Waals surface area contributed by atoms with Crippen molar-refractivity contribution in [1.82, 2.24) is 0 Å². The van der Waals surface area contributed by atoms with Crippen LogP contribution in [0.2, 0.25) is 0 Å². The van der Waals surface area contributed by atoms with Crippen molar-refractivity contribution >= 4 is 0 Å². The van der Waals surface area contributed by atoms with E-state index in [4.69, 9.17) is 10.8 Å². The van der Waals surface area contributed by atoms with Gasteiger partial charge in [-0.3, -0.25) is 0 Å². The Morgan fingerprint density at radius 3 is 2.31 bits per heavy atom. The van der Waals surface area contributed by atoms with Gasteiger partial charge in [0.1, 0.15) is 5.82 Å². The van der Waals surface area contributed by atoms with Crippen LogP contribution < -0.4 is 5.73 Å². The van der Waals surface area contributed by atoms with Gasteiger partial charge in [-0.05, 0) is 25.1 Å². The van der Waals surface area contributed by atoms with Gasteiger partial charge in [-0.2, -0.15) is 13.2 Å². The van der Waals surface area contributed by atoms with E-state index < -0.39 is 29.7 Å². The summed E-state index contributed by atoms with van der Waals surface area (Å²) < 4.78 is 50.4. The molecule has 6 heteroatoms. The van der Waals surface area contributed by atoms with Crippen LogP contribution >= 0.6 is 0 Å². The quantitative estimate of drug-likeness (QED) is 0.773. The molecule has 0 saturated carbocycles. The molecule has 2 nitrogen and oxygen atoms in total. The first-order chi connectivity index (χ1) is 7.18. The molecule has 16 heavy (non-hydrogen) atoms. The molecule has 0 radical (unpaired) electrons. The smallest absolute Gasteiger partial charge is 0.394 e. The van der Waals surface area contributed by atoms with Crippen LogP contribution in [0.4, 0.5) is 17.6 Å². The van der Waals surface area contributed by atoms with Gasteiger partial charge in [0.15, 0.2) is 0 Å². The van der Waals surface area contributed by atoms with Crippen molar-refractivity contribution < 1.29 is 22.7 Å². The third kappa shape index (κ3) is 2.51. The summed E-state index contributed by atoms with van der Waals surface area (Å²) in [6.45, 7) is 0.608. The molecule has 0 fully saturated rings. The molecule has 0 heterocycles. The van der Waals surface area contributed by atoms with Gasteiger partial charge in [-0.15, -0.1) is 0 Å². The summed E-state index contributed by atoms with van der Waals surface area (Å²) in [7, 11) is 0. The summed E-state index contributed by atoms with van der Waals surface area (Å²) in [5, 5.41) is 8.89. The molecule has 1 aromatic rings. The number of benzene rings is 1. The molecule has 1 atom stereocenters. The van der Waals surface area contributed by atoms with E-state index in [0.29, 0.717) is 18.2 Å². The molecule has 1 rings (SSSR count). The van der Waals surface area contributed by atoms with Gasteiger partial charge in [0, 0.05) is 5.56 Å². The minimum absolute atomic E-state index is 0.357. The zero-order valence-electron chi connectivity index (χ0n) is 8.48. The van der Waals surface area contributed by atoms with Crippen LogP contribution in [0.5, 0.6) is 0 Å². The Balaban J connectivity index is 3.30. The molecule has 0 aliphatic rings. The van der Waals surface area contributed by atoms with Crippen molar-refractivity contribution in [3.05, 3.63) is 35.1 Å². The molecule has 0 spiro atoms. The molecular weight excluding hydrogens is 226 g/mol. The summed E-state index contributed by atoms with van der Waals surface area (Å²) in [6, 6.07) is 1.94. The molecule has 0 amide bonds. The summed E-state index contributed by atoms with van der Waals surface area (Å²) in [4.78, 5) is 0. The highest BCUT2D eigenvalue weighted by atomic mass is 19.4. The van der Waals surface area contributed by atoms with Crippen molar-refractivity contribution in [2.75, 3.05) is 6.61 Å². The highest BCUT2D eigenvalue weighted by Gasteiger charge is 2.33. The molecule has 0 saturated heterocycles. The molecule has 0 aliphatic heterocycles. The summed E-state index contributed by atoms with van der Waals surface area (Å²) in [5.41, 5.74) is 2.61. The number of alkyl halides is 3. The van der Waals surface area contributed by atoms with Crippen LogP contribution in [0.1, 0.15) is 18.1 Å². The first-order valence-corrected chi connectivity index (χ1v) is 4.45. The van der Waals surface area contributed by atoms with Crippen LogP contribution in [0.15, 0.2) is 18.2 Å². The second-order valence-corrected chi connectivity index (χ2v) is 3.77. The summed E-state index contributed by atoms with van der Waals surface area (Å²) in [5.74, 6) is -0.868. The lowest BCUT2D eigenvalue weighted by Gasteiger charge is -2.23.